The van der Waals surface area contributed by atoms with Crippen LogP contribution >= 0.6 is 0 Å². The molecule has 0 heterocycles. The monoisotopic (exact) mass is 359 g/mol. The van der Waals surface area contributed by atoms with Gasteiger partial charge in [-0.1, -0.05) is 12.1 Å². The molecule has 0 bridgehead atoms. The van der Waals surface area contributed by atoms with Crippen molar-refractivity contribution in [1.29, 1.82) is 0 Å². The van der Waals surface area contributed by atoms with Crippen LogP contribution in [0, 0.1) is 17.3 Å². The predicted molar refractivity (Wildman–Crippen MR) is 99.1 cm³/mol. The number of aliphatic hydroxyl groups excluding tert-OH is 1. The van der Waals surface area contributed by atoms with Crippen molar-refractivity contribution in [2.24, 2.45) is 22.4 Å². The minimum atomic E-state index is -0.158. The highest BCUT2D eigenvalue weighted by atomic mass is 16.5. The zero-order valence-electron chi connectivity index (χ0n) is 15.6. The lowest BCUT2D eigenvalue weighted by molar-refractivity contribution is -0.0226. The molecule has 0 radical (unpaired) electrons. The van der Waals surface area contributed by atoms with Gasteiger partial charge in [0.15, 0.2) is 11.5 Å². The fourth-order valence-electron chi connectivity index (χ4n) is 5.89. The van der Waals surface area contributed by atoms with Gasteiger partial charge in [-0.3, -0.25) is 0 Å². The first-order valence-electron chi connectivity index (χ1n) is 9.78. The van der Waals surface area contributed by atoms with E-state index in [9.17, 15) is 10.2 Å². The van der Waals surface area contributed by atoms with Crippen LogP contribution < -0.4 is 4.74 Å². The Labute approximate surface area is 154 Å². The first-order valence-corrected chi connectivity index (χ1v) is 9.78. The molecule has 3 aliphatic carbocycles. The van der Waals surface area contributed by atoms with E-state index in [-0.39, 0.29) is 23.9 Å². The largest absolute Gasteiger partial charge is 0.504 e. The van der Waals surface area contributed by atoms with E-state index in [0.717, 1.165) is 38.5 Å². The molecule has 0 spiro atoms. The average Bonchev–Trinajstić information content (AvgIpc) is 2.94. The summed E-state index contributed by atoms with van der Waals surface area (Å²) in [5.41, 5.74) is 3.07. The van der Waals surface area contributed by atoms with Crippen LogP contribution in [0.25, 0.3) is 0 Å². The number of hydrogen-bond acceptors (Lipinski definition) is 5. The van der Waals surface area contributed by atoms with Gasteiger partial charge in [0, 0.05) is 0 Å². The highest BCUT2D eigenvalue weighted by molar-refractivity contribution is 5.82. The summed E-state index contributed by atoms with van der Waals surface area (Å²) in [6.07, 6.45) is 6.16. The van der Waals surface area contributed by atoms with Crippen LogP contribution in [-0.4, -0.2) is 33.8 Å². The summed E-state index contributed by atoms with van der Waals surface area (Å²) in [4.78, 5) is 0. The van der Waals surface area contributed by atoms with E-state index in [1.807, 2.05) is 12.1 Å². The second-order valence-electron chi connectivity index (χ2n) is 8.70. The lowest BCUT2D eigenvalue weighted by Gasteiger charge is -2.50. The van der Waals surface area contributed by atoms with E-state index in [1.54, 1.807) is 6.92 Å². The van der Waals surface area contributed by atoms with Crippen LogP contribution in [0.5, 0.6) is 11.5 Å². The molecule has 1 aromatic carbocycles. The summed E-state index contributed by atoms with van der Waals surface area (Å²) >= 11 is 0. The van der Waals surface area contributed by atoms with E-state index in [1.165, 1.54) is 11.1 Å². The quantitative estimate of drug-likeness (QED) is 0.435. The molecule has 3 N–H and O–H groups in total. The molecule has 142 valence electrons. The van der Waals surface area contributed by atoms with Crippen LogP contribution in [-0.2, 0) is 6.42 Å². The molecule has 0 amide bonds. The van der Waals surface area contributed by atoms with Gasteiger partial charge in [0.1, 0.15) is 6.61 Å². The van der Waals surface area contributed by atoms with Crippen molar-refractivity contribution < 1.29 is 20.2 Å². The standard InChI is InChI=1S/C21H29NO4/c1-12(22-25)11-26-19-10-16-13(9-18(19)23)3-4-15-14(16)7-8-21(2)17(15)5-6-20(21)24/h9-10,14-15,17,20,23-25H,3-8,11H2,1-2H3/b22-12-/t14-,15+,17-,20-,21-/m0/s1. The fourth-order valence-corrected chi connectivity index (χ4v) is 5.89. The molecule has 4 rings (SSSR count). The SMILES string of the molecule is C/C(COc1cc2c(cc1O)CC[C@@H]1[C@@H]2CC[C@]2(C)[C@@H](O)CC[C@@H]12)=N/O. The molecular formula is C21H29NO4. The normalized spacial score (nSPS) is 36.2. The van der Waals surface area contributed by atoms with Crippen molar-refractivity contribution in [3.8, 4) is 11.5 Å². The van der Waals surface area contributed by atoms with Crippen LogP contribution in [0.4, 0.5) is 0 Å². The maximum atomic E-state index is 10.5. The molecule has 2 saturated carbocycles. The molecule has 1 aromatic rings. The van der Waals surface area contributed by atoms with E-state index in [4.69, 9.17) is 9.94 Å². The summed E-state index contributed by atoms with van der Waals surface area (Å²) in [5, 5.41) is 32.7. The number of aromatic hydroxyl groups is 1. The Morgan fingerprint density at radius 1 is 1.27 bits per heavy atom. The van der Waals surface area contributed by atoms with Crippen LogP contribution in [0.2, 0.25) is 0 Å². The van der Waals surface area contributed by atoms with Gasteiger partial charge in [0.05, 0.1) is 11.8 Å². The molecule has 0 aliphatic heterocycles. The topological polar surface area (TPSA) is 82.3 Å². The molecule has 0 saturated heterocycles. The van der Waals surface area contributed by atoms with Crippen LogP contribution in [0.1, 0.15) is 63.0 Å². The number of fused-ring (bicyclic) bond motifs is 5. The maximum Gasteiger partial charge on any atom is 0.161 e. The second-order valence-corrected chi connectivity index (χ2v) is 8.70. The number of benzene rings is 1. The number of aryl methyl sites for hydroxylation is 1. The van der Waals surface area contributed by atoms with Crippen LogP contribution in [0.3, 0.4) is 0 Å². The zero-order valence-corrected chi connectivity index (χ0v) is 15.6. The molecule has 2 fully saturated rings. The molecule has 5 atom stereocenters. The molecule has 3 aliphatic rings. The Bertz CT molecular complexity index is 731. The van der Waals surface area contributed by atoms with Gasteiger partial charge < -0.3 is 20.2 Å². The van der Waals surface area contributed by atoms with Crippen molar-refractivity contribution >= 4 is 5.71 Å². The smallest absolute Gasteiger partial charge is 0.161 e. The lowest BCUT2D eigenvalue weighted by atomic mass is 9.55. The molecule has 5 heteroatoms. The minimum absolute atomic E-state index is 0.0730. The number of phenols is 1. The number of oxime groups is 1. The number of rotatable bonds is 3. The summed E-state index contributed by atoms with van der Waals surface area (Å²) in [6.45, 7) is 4.12. The third-order valence-corrected chi connectivity index (χ3v) is 7.36. The van der Waals surface area contributed by atoms with Crippen molar-refractivity contribution in [2.45, 2.75) is 64.4 Å². The zero-order chi connectivity index (χ0) is 18.5. The Kier molecular flexibility index (Phi) is 4.38. The van der Waals surface area contributed by atoms with Gasteiger partial charge in [-0.2, -0.15) is 0 Å². The van der Waals surface area contributed by atoms with Gasteiger partial charge in [0.2, 0.25) is 0 Å². The van der Waals surface area contributed by atoms with Gasteiger partial charge in [-0.05, 0) is 91.9 Å². The number of aliphatic hydroxyl groups is 1. The first-order chi connectivity index (χ1) is 12.4. The number of nitrogens with zero attached hydrogens (tertiary/aromatic N) is 1. The Balaban J connectivity index is 1.63. The summed E-state index contributed by atoms with van der Waals surface area (Å²) < 4.78 is 5.68. The third kappa shape index (κ3) is 2.68. The summed E-state index contributed by atoms with van der Waals surface area (Å²) in [7, 11) is 0. The second kappa shape index (κ2) is 6.45. The van der Waals surface area contributed by atoms with Crippen molar-refractivity contribution in [3.05, 3.63) is 23.3 Å². The lowest BCUT2D eigenvalue weighted by Crippen LogP contribution is -2.43. The summed E-state index contributed by atoms with van der Waals surface area (Å²) in [5.74, 6) is 2.30. The fraction of sp³-hybridized carbons (Fsp3) is 0.667. The Morgan fingerprint density at radius 3 is 2.85 bits per heavy atom. The third-order valence-electron chi connectivity index (χ3n) is 7.36. The van der Waals surface area contributed by atoms with Gasteiger partial charge in [0.25, 0.3) is 0 Å². The first kappa shape index (κ1) is 17.7. The van der Waals surface area contributed by atoms with Gasteiger partial charge >= 0.3 is 0 Å². The molecule has 0 unspecified atom stereocenters. The Morgan fingerprint density at radius 2 is 2.08 bits per heavy atom. The van der Waals surface area contributed by atoms with Crippen molar-refractivity contribution in [1.82, 2.24) is 0 Å². The van der Waals surface area contributed by atoms with Crippen molar-refractivity contribution in [2.75, 3.05) is 6.61 Å². The van der Waals surface area contributed by atoms with Gasteiger partial charge in [-0.25, -0.2) is 0 Å². The Hall–Kier alpha value is -1.75. The van der Waals surface area contributed by atoms with Crippen LogP contribution in [0.15, 0.2) is 17.3 Å². The molecular weight excluding hydrogens is 330 g/mol. The highest BCUT2D eigenvalue weighted by Crippen LogP contribution is 2.61. The maximum absolute atomic E-state index is 10.5. The number of hydrogen-bond donors (Lipinski definition) is 3. The van der Waals surface area contributed by atoms with E-state index in [0.29, 0.717) is 29.2 Å². The predicted octanol–water partition coefficient (Wildman–Crippen LogP) is 3.84. The summed E-state index contributed by atoms with van der Waals surface area (Å²) in [6, 6.07) is 3.85. The highest BCUT2D eigenvalue weighted by Gasteiger charge is 2.54. The number of phenolic OH excluding ortho intramolecular Hbond substituents is 1. The van der Waals surface area contributed by atoms with E-state index < -0.39 is 0 Å². The molecule has 0 aromatic heterocycles. The average molecular weight is 359 g/mol. The van der Waals surface area contributed by atoms with Crippen molar-refractivity contribution in [3.63, 3.8) is 0 Å². The van der Waals surface area contributed by atoms with Gasteiger partial charge in [-0.15, -0.1) is 0 Å². The molecule has 26 heavy (non-hydrogen) atoms. The molecule has 5 nitrogen and oxygen atoms in total. The number of ether oxygens (including phenoxy) is 1. The van der Waals surface area contributed by atoms with E-state index in [2.05, 4.69) is 12.1 Å². The van der Waals surface area contributed by atoms with E-state index >= 15 is 0 Å². The minimum Gasteiger partial charge on any atom is -0.504 e.